The fourth-order valence-electron chi connectivity index (χ4n) is 2.75. The van der Waals surface area contributed by atoms with E-state index in [1.54, 1.807) is 31.2 Å². The number of amidine groups is 1. The van der Waals surface area contributed by atoms with Gasteiger partial charge in [0.2, 0.25) is 0 Å². The van der Waals surface area contributed by atoms with Crippen LogP contribution in [-0.2, 0) is 13.0 Å². The maximum absolute atomic E-state index is 13.1. The zero-order valence-electron chi connectivity index (χ0n) is 15.8. The molecule has 3 aromatic rings. The van der Waals surface area contributed by atoms with Gasteiger partial charge in [-0.25, -0.2) is 14.1 Å². The van der Waals surface area contributed by atoms with Crippen molar-refractivity contribution in [1.29, 1.82) is 0 Å². The highest BCUT2D eigenvalue weighted by Crippen LogP contribution is 2.30. The molecule has 1 aromatic heterocycles. The summed E-state index contributed by atoms with van der Waals surface area (Å²) < 4.78 is 14.5. The average Bonchev–Trinajstić information content (AvgIpc) is 3.01. The van der Waals surface area contributed by atoms with Gasteiger partial charge in [-0.15, -0.1) is 17.5 Å². The zero-order chi connectivity index (χ0) is 21.1. The molecule has 0 saturated heterocycles. The smallest absolute Gasteiger partial charge is 0.273 e. The molecule has 0 unspecified atom stereocenters. The van der Waals surface area contributed by atoms with Crippen molar-refractivity contribution in [3.63, 3.8) is 0 Å². The number of benzene rings is 2. The van der Waals surface area contributed by atoms with Crippen LogP contribution in [0.4, 0.5) is 10.2 Å². The number of hydrogen-bond donors (Lipinski definition) is 2. The molecule has 30 heavy (non-hydrogen) atoms. The van der Waals surface area contributed by atoms with E-state index in [1.807, 2.05) is 0 Å². The molecule has 0 saturated carbocycles. The van der Waals surface area contributed by atoms with Crippen molar-refractivity contribution in [2.75, 3.05) is 0 Å². The van der Waals surface area contributed by atoms with E-state index in [9.17, 15) is 9.18 Å². The second-order valence-corrected chi connectivity index (χ2v) is 7.19. The Labute approximate surface area is 188 Å². The van der Waals surface area contributed by atoms with Gasteiger partial charge in [-0.2, -0.15) is 0 Å². The maximum atomic E-state index is 13.1. The zero-order valence-corrected chi connectivity index (χ0v) is 18.1. The molecule has 3 rings (SSSR count). The van der Waals surface area contributed by atoms with Crippen LogP contribution in [0.2, 0.25) is 10.0 Å². The minimum atomic E-state index is -0.762. The summed E-state index contributed by atoms with van der Waals surface area (Å²) in [6.07, 6.45) is 0.454. The van der Waals surface area contributed by atoms with Gasteiger partial charge in [-0.05, 0) is 47.9 Å². The first-order chi connectivity index (χ1) is 13.7. The first-order valence-corrected chi connectivity index (χ1v) is 9.25. The summed E-state index contributed by atoms with van der Waals surface area (Å²) in [6, 6.07) is 9.59. The van der Waals surface area contributed by atoms with Gasteiger partial charge < -0.3 is 11.5 Å². The normalized spacial score (nSPS) is 11.3. The maximum Gasteiger partial charge on any atom is 0.273 e. The molecule has 0 fully saturated rings. The molecule has 0 atom stereocenters. The van der Waals surface area contributed by atoms with Gasteiger partial charge in [0.25, 0.3) is 5.91 Å². The van der Waals surface area contributed by atoms with Gasteiger partial charge in [0.05, 0.1) is 12.4 Å². The minimum absolute atomic E-state index is 0. The van der Waals surface area contributed by atoms with Crippen LogP contribution in [0.25, 0.3) is 0 Å². The fraction of sp³-hybridized carbons (Fsp3) is 0.158. The van der Waals surface area contributed by atoms with E-state index in [4.69, 9.17) is 34.7 Å². The lowest BCUT2D eigenvalue weighted by Gasteiger charge is -2.11. The van der Waals surface area contributed by atoms with E-state index in [0.29, 0.717) is 16.5 Å². The summed E-state index contributed by atoms with van der Waals surface area (Å²) in [7, 11) is 0. The first kappa shape index (κ1) is 23.6. The third-order valence-electron chi connectivity index (χ3n) is 4.05. The highest BCUT2D eigenvalue weighted by atomic mass is 35.5. The van der Waals surface area contributed by atoms with E-state index in [0.717, 1.165) is 16.7 Å². The van der Waals surface area contributed by atoms with Crippen molar-refractivity contribution < 1.29 is 9.18 Å². The molecular formula is C19H18Cl3FN6O. The Morgan fingerprint density at radius 1 is 1.13 bits per heavy atom. The van der Waals surface area contributed by atoms with Crippen molar-refractivity contribution in [3.8, 4) is 0 Å². The second-order valence-electron chi connectivity index (χ2n) is 6.38. The van der Waals surface area contributed by atoms with E-state index >= 15 is 0 Å². The Bertz CT molecular complexity index is 1070. The lowest BCUT2D eigenvalue weighted by atomic mass is 10.0. The molecule has 158 valence electrons. The topological polar surface area (TPSA) is 112 Å². The second kappa shape index (κ2) is 9.88. The van der Waals surface area contributed by atoms with Crippen LogP contribution in [0.15, 0.2) is 41.4 Å². The van der Waals surface area contributed by atoms with E-state index in [2.05, 4.69) is 15.3 Å². The highest BCUT2D eigenvalue weighted by molar-refractivity contribution is 6.36. The average molecular weight is 472 g/mol. The summed E-state index contributed by atoms with van der Waals surface area (Å²) >= 11 is 12.9. The fourth-order valence-corrected chi connectivity index (χ4v) is 3.41. The quantitative estimate of drug-likeness (QED) is 0.419. The molecule has 0 aliphatic heterocycles. The Morgan fingerprint density at radius 2 is 1.73 bits per heavy atom. The van der Waals surface area contributed by atoms with Gasteiger partial charge in [0, 0.05) is 16.5 Å². The van der Waals surface area contributed by atoms with Crippen molar-refractivity contribution in [2.24, 2.45) is 16.5 Å². The molecular weight excluding hydrogens is 454 g/mol. The van der Waals surface area contributed by atoms with Gasteiger partial charge in [-0.1, -0.05) is 40.5 Å². The van der Waals surface area contributed by atoms with E-state index < -0.39 is 5.91 Å². The SMILES string of the molecule is CC(N)=Nc1c(C(N)=O)nnn1Cc1cc(Cl)c(Cc2ccc(F)cc2)c(Cl)c1.Cl. The monoisotopic (exact) mass is 470 g/mol. The number of amides is 1. The van der Waals surface area contributed by atoms with Crippen molar-refractivity contribution in [1.82, 2.24) is 15.0 Å². The van der Waals surface area contributed by atoms with Gasteiger partial charge in [0.15, 0.2) is 11.5 Å². The molecule has 0 aliphatic carbocycles. The number of hydrogen-bond acceptors (Lipinski definition) is 4. The molecule has 0 spiro atoms. The number of aliphatic imine (C=N–C) groups is 1. The Morgan fingerprint density at radius 3 is 2.27 bits per heavy atom. The number of aromatic nitrogens is 3. The van der Waals surface area contributed by atoms with Gasteiger partial charge in [-0.3, -0.25) is 4.79 Å². The van der Waals surface area contributed by atoms with Crippen LogP contribution in [0, 0.1) is 5.82 Å². The molecule has 7 nitrogen and oxygen atoms in total. The molecule has 1 amide bonds. The summed E-state index contributed by atoms with van der Waals surface area (Å²) in [6.45, 7) is 1.77. The third kappa shape index (κ3) is 5.47. The van der Waals surface area contributed by atoms with Crippen molar-refractivity contribution in [2.45, 2.75) is 19.9 Å². The third-order valence-corrected chi connectivity index (χ3v) is 4.73. The van der Waals surface area contributed by atoms with Gasteiger partial charge >= 0.3 is 0 Å². The van der Waals surface area contributed by atoms with Crippen LogP contribution in [0.3, 0.4) is 0 Å². The molecule has 1 heterocycles. The van der Waals surface area contributed by atoms with Crippen LogP contribution >= 0.6 is 35.6 Å². The lowest BCUT2D eigenvalue weighted by molar-refractivity contribution is 0.0996. The number of nitrogens with zero attached hydrogens (tertiary/aromatic N) is 4. The largest absolute Gasteiger partial charge is 0.387 e. The summed E-state index contributed by atoms with van der Waals surface area (Å²) in [5, 5.41) is 8.60. The number of halogens is 4. The molecule has 11 heteroatoms. The minimum Gasteiger partial charge on any atom is -0.387 e. The molecule has 2 aromatic carbocycles. The number of primary amides is 1. The predicted molar refractivity (Wildman–Crippen MR) is 118 cm³/mol. The molecule has 0 aliphatic rings. The van der Waals surface area contributed by atoms with E-state index in [1.165, 1.54) is 16.8 Å². The van der Waals surface area contributed by atoms with Crippen molar-refractivity contribution in [3.05, 3.63) is 74.6 Å². The van der Waals surface area contributed by atoms with Crippen molar-refractivity contribution >= 4 is 53.2 Å². The molecule has 0 bridgehead atoms. The van der Waals surface area contributed by atoms with Crippen LogP contribution < -0.4 is 11.5 Å². The van der Waals surface area contributed by atoms with Crippen LogP contribution in [-0.4, -0.2) is 26.7 Å². The Hall–Kier alpha value is -2.68. The number of rotatable bonds is 6. The Balaban J connectivity index is 0.00000320. The van der Waals surface area contributed by atoms with Crippen LogP contribution in [0.1, 0.15) is 34.1 Å². The number of carbonyl (C=O) groups excluding carboxylic acids is 1. The number of carbonyl (C=O) groups is 1. The molecule has 4 N–H and O–H groups in total. The first-order valence-electron chi connectivity index (χ1n) is 8.50. The van der Waals surface area contributed by atoms with Gasteiger partial charge in [0.1, 0.15) is 5.82 Å². The number of nitrogens with two attached hydrogens (primary N) is 2. The predicted octanol–water partition coefficient (Wildman–Crippen LogP) is 3.89. The summed E-state index contributed by atoms with van der Waals surface area (Å²) in [5.74, 6) is -0.695. The standard InChI is InChI=1S/C19H17Cl2FN6O.ClH/c1-10(23)25-19-17(18(24)29)26-27-28(19)9-12-7-15(20)14(16(21)8-12)6-11-2-4-13(22)5-3-11;/h2-5,7-8H,6,9H2,1H3,(H2,23,25)(H2,24,29);1H. The van der Waals surface area contributed by atoms with E-state index in [-0.39, 0.29) is 42.1 Å². The lowest BCUT2D eigenvalue weighted by Crippen LogP contribution is -2.13. The Kier molecular flexibility index (Phi) is 7.77. The summed E-state index contributed by atoms with van der Waals surface area (Å²) in [5.41, 5.74) is 13.2. The summed E-state index contributed by atoms with van der Waals surface area (Å²) in [4.78, 5) is 15.6. The highest BCUT2D eigenvalue weighted by Gasteiger charge is 2.18. The van der Waals surface area contributed by atoms with Crippen LogP contribution in [0.5, 0.6) is 0 Å². The molecule has 0 radical (unpaired) electrons.